The summed E-state index contributed by atoms with van der Waals surface area (Å²) in [5.41, 5.74) is 10.6. The van der Waals surface area contributed by atoms with Gasteiger partial charge in [0, 0.05) is 31.8 Å². The first-order valence-corrected chi connectivity index (χ1v) is 17.7. The van der Waals surface area contributed by atoms with Gasteiger partial charge in [0.25, 0.3) is 0 Å². The predicted octanol–water partition coefficient (Wildman–Crippen LogP) is 12.2. The zero-order chi connectivity index (χ0) is 32.4. The molecule has 230 valence electrons. The second-order valence-electron chi connectivity index (χ2n) is 13.8. The molecule has 49 heavy (non-hydrogen) atoms. The number of thiophene rings is 1. The SMILES string of the molecule is CC1(C)c2ccccc2-c2cc3c(cc21)c1ccccc1n3-c1nc(-c2cc3ccccc3c3ccccc23)c2sc3ccccc3c2n1. The van der Waals surface area contributed by atoms with E-state index < -0.39 is 0 Å². The summed E-state index contributed by atoms with van der Waals surface area (Å²) in [5, 5.41) is 8.50. The van der Waals surface area contributed by atoms with Crippen molar-refractivity contribution in [1.82, 2.24) is 14.5 Å². The number of nitrogens with zero attached hydrogens (tertiary/aromatic N) is 3. The van der Waals surface area contributed by atoms with Crippen molar-refractivity contribution >= 4 is 75.0 Å². The summed E-state index contributed by atoms with van der Waals surface area (Å²) in [6, 6.07) is 50.8. The first kappa shape index (κ1) is 27.1. The van der Waals surface area contributed by atoms with Crippen LogP contribution in [0.1, 0.15) is 25.0 Å². The highest BCUT2D eigenvalue weighted by Gasteiger charge is 2.36. The van der Waals surface area contributed by atoms with Gasteiger partial charge in [0.2, 0.25) is 5.95 Å². The summed E-state index contributed by atoms with van der Waals surface area (Å²) < 4.78 is 4.63. The zero-order valence-corrected chi connectivity index (χ0v) is 27.8. The molecule has 0 unspecified atom stereocenters. The number of fused-ring (bicyclic) bond motifs is 12. The lowest BCUT2D eigenvalue weighted by Crippen LogP contribution is -2.14. The minimum absolute atomic E-state index is 0.0847. The summed E-state index contributed by atoms with van der Waals surface area (Å²) in [6.07, 6.45) is 0. The van der Waals surface area contributed by atoms with Gasteiger partial charge in [-0.05, 0) is 74.1 Å². The molecule has 0 atom stereocenters. The molecule has 1 aliphatic carbocycles. The van der Waals surface area contributed by atoms with Crippen LogP contribution in [0.4, 0.5) is 0 Å². The van der Waals surface area contributed by atoms with Gasteiger partial charge in [-0.1, -0.05) is 123 Å². The molecule has 3 aromatic heterocycles. The second kappa shape index (κ2) is 9.62. The largest absolute Gasteiger partial charge is 0.278 e. The van der Waals surface area contributed by atoms with Crippen molar-refractivity contribution in [2.24, 2.45) is 0 Å². The van der Waals surface area contributed by atoms with Crippen molar-refractivity contribution < 1.29 is 0 Å². The molecule has 0 saturated carbocycles. The smallest absolute Gasteiger partial charge is 0.235 e. The molecule has 0 aliphatic heterocycles. The molecule has 7 aromatic carbocycles. The Morgan fingerprint density at radius 3 is 2.08 bits per heavy atom. The number of hydrogen-bond acceptors (Lipinski definition) is 3. The van der Waals surface area contributed by atoms with E-state index >= 15 is 0 Å². The standard InChI is InChI=1S/C45H29N3S/c1-45(2)36-20-10-7-17-30(36)33-25-39-34(24-37(33)45)31-18-8-11-21-38(31)48(39)44-46-41-32-19-9-12-22-40(32)49-43(41)42(47-44)35-23-26-13-3-4-14-27(26)28-15-5-6-16-29(28)35/h3-25H,1-2H3. The Morgan fingerprint density at radius 1 is 0.510 bits per heavy atom. The van der Waals surface area contributed by atoms with E-state index in [4.69, 9.17) is 9.97 Å². The molecule has 0 fully saturated rings. The number of para-hydroxylation sites is 1. The third-order valence-electron chi connectivity index (χ3n) is 10.8. The predicted molar refractivity (Wildman–Crippen MR) is 207 cm³/mol. The zero-order valence-electron chi connectivity index (χ0n) is 27.0. The molecule has 0 saturated heterocycles. The third-order valence-corrected chi connectivity index (χ3v) is 12.0. The fraction of sp³-hybridized carbons (Fsp3) is 0.0667. The fourth-order valence-corrected chi connectivity index (χ4v) is 9.64. The van der Waals surface area contributed by atoms with Crippen LogP contribution in [0.15, 0.2) is 140 Å². The summed E-state index contributed by atoms with van der Waals surface area (Å²) in [5.74, 6) is 0.694. The average molecular weight is 644 g/mol. The third kappa shape index (κ3) is 3.61. The summed E-state index contributed by atoms with van der Waals surface area (Å²) in [7, 11) is 0. The van der Waals surface area contributed by atoms with E-state index in [1.165, 1.54) is 59.3 Å². The molecule has 0 radical (unpaired) electrons. The highest BCUT2D eigenvalue weighted by Crippen LogP contribution is 2.51. The van der Waals surface area contributed by atoms with Crippen molar-refractivity contribution in [1.29, 1.82) is 0 Å². The summed E-state index contributed by atoms with van der Waals surface area (Å²) in [4.78, 5) is 11.1. The van der Waals surface area contributed by atoms with Crippen molar-refractivity contribution in [3.8, 4) is 28.3 Å². The molecule has 0 N–H and O–H groups in total. The topological polar surface area (TPSA) is 30.7 Å². The second-order valence-corrected chi connectivity index (χ2v) is 14.8. The van der Waals surface area contributed by atoms with Gasteiger partial charge in [-0.15, -0.1) is 11.3 Å². The molecule has 0 bridgehead atoms. The van der Waals surface area contributed by atoms with E-state index in [1.807, 2.05) is 0 Å². The molecular weight excluding hydrogens is 615 g/mol. The molecule has 3 heterocycles. The van der Waals surface area contributed by atoms with Gasteiger partial charge in [0.1, 0.15) is 0 Å². The normalized spacial score (nSPS) is 13.7. The maximum absolute atomic E-state index is 5.59. The Morgan fingerprint density at radius 2 is 1.20 bits per heavy atom. The van der Waals surface area contributed by atoms with E-state index in [9.17, 15) is 0 Å². The van der Waals surface area contributed by atoms with Crippen molar-refractivity contribution in [3.05, 3.63) is 151 Å². The monoisotopic (exact) mass is 643 g/mol. The minimum atomic E-state index is -0.0847. The molecule has 0 spiro atoms. The Hall–Kier alpha value is -5.84. The van der Waals surface area contributed by atoms with Crippen LogP contribution in [0.3, 0.4) is 0 Å². The Labute approximate surface area is 286 Å². The number of hydrogen-bond donors (Lipinski definition) is 0. The van der Waals surface area contributed by atoms with Crippen LogP contribution < -0.4 is 0 Å². The first-order valence-electron chi connectivity index (χ1n) is 16.8. The lowest BCUT2D eigenvalue weighted by atomic mass is 9.82. The average Bonchev–Trinajstić information content (AvgIpc) is 3.76. The highest BCUT2D eigenvalue weighted by molar-refractivity contribution is 7.26. The van der Waals surface area contributed by atoms with E-state index in [0.29, 0.717) is 5.95 Å². The minimum Gasteiger partial charge on any atom is -0.278 e. The van der Waals surface area contributed by atoms with Crippen LogP contribution in [-0.4, -0.2) is 14.5 Å². The van der Waals surface area contributed by atoms with Crippen molar-refractivity contribution in [2.45, 2.75) is 19.3 Å². The van der Waals surface area contributed by atoms with Gasteiger partial charge in [0.05, 0.1) is 26.9 Å². The highest BCUT2D eigenvalue weighted by atomic mass is 32.1. The molecule has 11 rings (SSSR count). The maximum Gasteiger partial charge on any atom is 0.235 e. The fourth-order valence-electron chi connectivity index (χ4n) is 8.49. The van der Waals surface area contributed by atoms with Crippen LogP contribution in [0.5, 0.6) is 0 Å². The summed E-state index contributed by atoms with van der Waals surface area (Å²) in [6.45, 7) is 4.70. The number of aromatic nitrogens is 3. The maximum atomic E-state index is 5.59. The van der Waals surface area contributed by atoms with E-state index in [1.54, 1.807) is 11.3 Å². The molecule has 3 nitrogen and oxygen atoms in total. The van der Waals surface area contributed by atoms with Gasteiger partial charge in [0.15, 0.2) is 0 Å². The van der Waals surface area contributed by atoms with E-state index in [2.05, 4.69) is 158 Å². The molecular formula is C45H29N3S. The number of benzene rings is 7. The molecule has 0 amide bonds. The van der Waals surface area contributed by atoms with E-state index in [0.717, 1.165) is 37.9 Å². The summed E-state index contributed by atoms with van der Waals surface area (Å²) >= 11 is 1.78. The lowest BCUT2D eigenvalue weighted by molar-refractivity contribution is 0.661. The number of rotatable bonds is 2. The van der Waals surface area contributed by atoms with Crippen molar-refractivity contribution in [3.63, 3.8) is 0 Å². The van der Waals surface area contributed by atoms with Crippen LogP contribution in [0.2, 0.25) is 0 Å². The van der Waals surface area contributed by atoms with Crippen LogP contribution in [0.25, 0.3) is 92.0 Å². The van der Waals surface area contributed by atoms with Crippen LogP contribution >= 0.6 is 11.3 Å². The van der Waals surface area contributed by atoms with Gasteiger partial charge < -0.3 is 0 Å². The van der Waals surface area contributed by atoms with E-state index in [-0.39, 0.29) is 5.41 Å². The quantitative estimate of drug-likeness (QED) is 0.176. The first-order chi connectivity index (χ1) is 24.1. The van der Waals surface area contributed by atoms with Crippen molar-refractivity contribution in [2.75, 3.05) is 0 Å². The molecule has 4 heteroatoms. The van der Waals surface area contributed by atoms with Gasteiger partial charge in [-0.25, -0.2) is 9.97 Å². The Kier molecular flexibility index (Phi) is 5.33. The van der Waals surface area contributed by atoms with Gasteiger partial charge >= 0.3 is 0 Å². The Bertz CT molecular complexity index is 3030. The molecule has 10 aromatic rings. The van der Waals surface area contributed by atoms with Gasteiger partial charge in [-0.3, -0.25) is 4.57 Å². The Balaban J connectivity index is 1.29. The van der Waals surface area contributed by atoms with Crippen LogP contribution in [-0.2, 0) is 5.41 Å². The van der Waals surface area contributed by atoms with Crippen LogP contribution in [0, 0.1) is 0 Å². The lowest BCUT2D eigenvalue weighted by Gasteiger charge is -2.21. The van der Waals surface area contributed by atoms with Gasteiger partial charge in [-0.2, -0.15) is 0 Å². The molecule has 1 aliphatic rings.